The van der Waals surface area contributed by atoms with Crippen LogP contribution in [-0.4, -0.2) is 11.7 Å². The van der Waals surface area contributed by atoms with Gasteiger partial charge < -0.3 is 10.6 Å². The zero-order valence-electron chi connectivity index (χ0n) is 18.8. The van der Waals surface area contributed by atoms with E-state index in [0.717, 1.165) is 11.6 Å². The van der Waals surface area contributed by atoms with E-state index in [9.17, 15) is 9.59 Å². The summed E-state index contributed by atoms with van der Waals surface area (Å²) in [6.45, 7) is 1.53. The lowest BCUT2D eigenvalue weighted by atomic mass is 9.68. The van der Waals surface area contributed by atoms with Crippen molar-refractivity contribution in [3.05, 3.63) is 95.1 Å². The molecule has 0 spiro atoms. The van der Waals surface area contributed by atoms with Gasteiger partial charge in [-0.25, -0.2) is 0 Å². The number of carbonyl (C=O) groups is 2. The Bertz CT molecular complexity index is 1240. The second kappa shape index (κ2) is 7.87. The number of Topliss-reactive ketones (excluding diaryl/α,β-unsaturated/α-hetero) is 1. The molecule has 4 heteroatoms. The van der Waals surface area contributed by atoms with Crippen LogP contribution in [0, 0.1) is 17.8 Å². The summed E-state index contributed by atoms with van der Waals surface area (Å²) in [5.74, 6) is 2.38. The molecule has 3 aromatic carbocycles. The van der Waals surface area contributed by atoms with E-state index >= 15 is 0 Å². The molecule has 166 valence electrons. The minimum Gasteiger partial charge on any atom is -0.378 e. The van der Waals surface area contributed by atoms with Crippen LogP contribution in [0.3, 0.4) is 0 Å². The quantitative estimate of drug-likeness (QED) is 0.463. The van der Waals surface area contributed by atoms with Gasteiger partial charge in [-0.3, -0.25) is 9.59 Å². The molecule has 2 fully saturated rings. The van der Waals surface area contributed by atoms with Crippen molar-refractivity contribution in [1.29, 1.82) is 0 Å². The van der Waals surface area contributed by atoms with E-state index in [1.165, 1.54) is 37.3 Å². The van der Waals surface area contributed by atoms with Gasteiger partial charge in [0.2, 0.25) is 0 Å². The molecule has 0 saturated heterocycles. The van der Waals surface area contributed by atoms with E-state index < -0.39 is 0 Å². The average Bonchev–Trinajstić information content (AvgIpc) is 3.47. The largest absolute Gasteiger partial charge is 0.378 e. The highest BCUT2D eigenvalue weighted by Crippen LogP contribution is 2.63. The molecule has 0 unspecified atom stereocenters. The molecule has 4 nitrogen and oxygen atoms in total. The fourth-order valence-corrected chi connectivity index (χ4v) is 6.64. The van der Waals surface area contributed by atoms with Crippen molar-refractivity contribution in [3.63, 3.8) is 0 Å². The zero-order chi connectivity index (χ0) is 22.5. The van der Waals surface area contributed by atoms with Crippen molar-refractivity contribution >= 4 is 23.1 Å². The van der Waals surface area contributed by atoms with Crippen LogP contribution < -0.4 is 10.6 Å². The van der Waals surface area contributed by atoms with Gasteiger partial charge in [0.05, 0.1) is 6.04 Å². The van der Waals surface area contributed by atoms with Crippen LogP contribution in [0.15, 0.2) is 72.8 Å². The first-order chi connectivity index (χ1) is 16.1. The number of carbonyl (C=O) groups excluding carboxylic acids is 2. The topological polar surface area (TPSA) is 58.2 Å². The highest BCUT2D eigenvalue weighted by atomic mass is 16.1. The second-order valence-corrected chi connectivity index (χ2v) is 9.86. The van der Waals surface area contributed by atoms with Gasteiger partial charge in [0, 0.05) is 22.5 Å². The fourth-order valence-electron chi connectivity index (χ4n) is 6.64. The maximum Gasteiger partial charge on any atom is 0.255 e. The van der Waals surface area contributed by atoms with E-state index in [-0.39, 0.29) is 11.7 Å². The van der Waals surface area contributed by atoms with Crippen molar-refractivity contribution in [1.82, 2.24) is 0 Å². The van der Waals surface area contributed by atoms with Crippen LogP contribution in [0.2, 0.25) is 0 Å². The lowest BCUT2D eigenvalue weighted by Gasteiger charge is -2.43. The molecule has 3 aromatic rings. The number of ketones is 1. The number of amides is 1. The SMILES string of the molecule is CC(=O)c1cccc(NC(=O)c2ccc3c(c2)[C@@H]2[C@@H]4CC[C@@H](C4)[C@@H]2[C@@H](c2ccccc2)N3)c1. The molecule has 5 atom stereocenters. The molecule has 0 aromatic heterocycles. The Balaban J connectivity index is 1.33. The lowest BCUT2D eigenvalue weighted by Crippen LogP contribution is -2.35. The predicted molar refractivity (Wildman–Crippen MR) is 131 cm³/mol. The van der Waals surface area contributed by atoms with Gasteiger partial charge in [-0.2, -0.15) is 0 Å². The maximum atomic E-state index is 13.1. The lowest BCUT2D eigenvalue weighted by molar-refractivity contribution is 0.101. The summed E-state index contributed by atoms with van der Waals surface area (Å²) in [6.07, 6.45) is 3.91. The third-order valence-electron chi connectivity index (χ3n) is 8.04. The highest BCUT2D eigenvalue weighted by molar-refractivity contribution is 6.05. The van der Waals surface area contributed by atoms with Crippen LogP contribution in [0.5, 0.6) is 0 Å². The summed E-state index contributed by atoms with van der Waals surface area (Å²) in [6, 6.07) is 24.3. The minimum atomic E-state index is -0.136. The number of anilines is 2. The highest BCUT2D eigenvalue weighted by Gasteiger charge is 2.53. The summed E-state index contributed by atoms with van der Waals surface area (Å²) in [4.78, 5) is 24.8. The van der Waals surface area contributed by atoms with Crippen molar-refractivity contribution in [2.75, 3.05) is 10.6 Å². The molecule has 2 bridgehead atoms. The molecule has 1 aliphatic heterocycles. The van der Waals surface area contributed by atoms with E-state index in [1.807, 2.05) is 12.1 Å². The average molecular weight is 437 g/mol. The molecule has 6 rings (SSSR count). The molecule has 2 aliphatic carbocycles. The van der Waals surface area contributed by atoms with E-state index in [4.69, 9.17) is 0 Å². The summed E-state index contributed by atoms with van der Waals surface area (Å²) in [5, 5.41) is 6.81. The number of hydrogen-bond acceptors (Lipinski definition) is 3. The van der Waals surface area contributed by atoms with Gasteiger partial charge in [-0.15, -0.1) is 0 Å². The molecular weight excluding hydrogens is 408 g/mol. The monoisotopic (exact) mass is 436 g/mol. The van der Waals surface area contributed by atoms with E-state index in [0.29, 0.717) is 40.6 Å². The zero-order valence-corrected chi connectivity index (χ0v) is 18.8. The van der Waals surface area contributed by atoms with E-state index in [2.05, 4.69) is 53.1 Å². The number of rotatable bonds is 4. The van der Waals surface area contributed by atoms with Gasteiger partial charge in [0.1, 0.15) is 0 Å². The Hall–Kier alpha value is -3.40. The van der Waals surface area contributed by atoms with Crippen LogP contribution in [0.1, 0.15) is 70.0 Å². The molecule has 2 N–H and O–H groups in total. The fraction of sp³-hybridized carbons (Fsp3) is 0.310. The summed E-state index contributed by atoms with van der Waals surface area (Å²) >= 11 is 0. The molecular formula is C29H28N2O2. The first-order valence-electron chi connectivity index (χ1n) is 12.0. The Labute approximate surface area is 194 Å². The summed E-state index contributed by atoms with van der Waals surface area (Å²) in [5.41, 5.74) is 5.73. The van der Waals surface area contributed by atoms with Crippen LogP contribution in [-0.2, 0) is 0 Å². The smallest absolute Gasteiger partial charge is 0.255 e. The van der Waals surface area contributed by atoms with Crippen LogP contribution in [0.4, 0.5) is 11.4 Å². The first kappa shape index (κ1) is 20.2. The maximum absolute atomic E-state index is 13.1. The normalized spacial score (nSPS) is 26.8. The number of fused-ring (bicyclic) bond motifs is 7. The standard InChI is InChI=1S/C29H28N2O2/c1-17(32)19-8-5-9-23(15-19)30-29(33)22-12-13-25-24(16-22)26-20-10-11-21(14-20)27(26)28(31-25)18-6-3-2-4-7-18/h2-9,12-13,15-16,20-21,26-28,31H,10-11,14H2,1H3,(H,30,33)/t20-,21+,26+,27+,28-/m1/s1. The Morgan fingerprint density at radius 2 is 1.70 bits per heavy atom. The molecule has 2 saturated carbocycles. The number of nitrogens with one attached hydrogen (secondary N) is 2. The van der Waals surface area contributed by atoms with Crippen LogP contribution >= 0.6 is 0 Å². The first-order valence-corrected chi connectivity index (χ1v) is 12.0. The molecule has 1 amide bonds. The molecule has 33 heavy (non-hydrogen) atoms. The third-order valence-corrected chi connectivity index (χ3v) is 8.04. The number of hydrogen-bond donors (Lipinski definition) is 2. The number of benzene rings is 3. The summed E-state index contributed by atoms with van der Waals surface area (Å²) < 4.78 is 0. The second-order valence-electron chi connectivity index (χ2n) is 9.86. The molecule has 0 radical (unpaired) electrons. The Morgan fingerprint density at radius 3 is 2.52 bits per heavy atom. The van der Waals surface area contributed by atoms with Crippen molar-refractivity contribution in [3.8, 4) is 0 Å². The van der Waals surface area contributed by atoms with Gasteiger partial charge in [-0.1, -0.05) is 42.5 Å². The summed E-state index contributed by atoms with van der Waals surface area (Å²) in [7, 11) is 0. The molecule has 3 aliphatic rings. The minimum absolute atomic E-state index is 0.0127. The van der Waals surface area contributed by atoms with Gasteiger partial charge >= 0.3 is 0 Å². The Morgan fingerprint density at radius 1 is 0.879 bits per heavy atom. The van der Waals surface area contributed by atoms with Gasteiger partial charge in [-0.05, 0) is 91.3 Å². The van der Waals surface area contributed by atoms with E-state index in [1.54, 1.807) is 18.2 Å². The van der Waals surface area contributed by atoms with Crippen molar-refractivity contribution in [2.24, 2.45) is 17.8 Å². The van der Waals surface area contributed by atoms with Gasteiger partial charge in [0.25, 0.3) is 5.91 Å². The van der Waals surface area contributed by atoms with Gasteiger partial charge in [0.15, 0.2) is 5.78 Å². The Kier molecular flexibility index (Phi) is 4.83. The van der Waals surface area contributed by atoms with Crippen LogP contribution in [0.25, 0.3) is 0 Å². The molecule has 1 heterocycles. The van der Waals surface area contributed by atoms with Crippen molar-refractivity contribution in [2.45, 2.75) is 38.1 Å². The third kappa shape index (κ3) is 3.45. The van der Waals surface area contributed by atoms with Crippen molar-refractivity contribution < 1.29 is 9.59 Å². The predicted octanol–water partition coefficient (Wildman–Crippen LogP) is 6.44.